The average molecular weight is 501 g/mol. The monoisotopic (exact) mass is 500 g/mol. The van der Waals surface area contributed by atoms with Crippen molar-refractivity contribution in [3.8, 4) is 5.75 Å². The molecule has 0 spiro atoms. The van der Waals surface area contributed by atoms with Crippen molar-refractivity contribution in [1.29, 1.82) is 0 Å². The first-order chi connectivity index (χ1) is 17.6. The molecule has 3 aromatic rings. The lowest BCUT2D eigenvalue weighted by atomic mass is 9.59. The molecule has 0 N–H and O–H groups in total. The van der Waals surface area contributed by atoms with Gasteiger partial charge >= 0.3 is 5.97 Å². The Labute approximate surface area is 219 Å². The second-order valence-corrected chi connectivity index (χ2v) is 10.5. The summed E-state index contributed by atoms with van der Waals surface area (Å²) < 4.78 is 11.6. The van der Waals surface area contributed by atoms with Gasteiger partial charge < -0.3 is 14.4 Å². The highest BCUT2D eigenvalue weighted by molar-refractivity contribution is 5.88. The molecule has 3 heterocycles. The number of nitrogens with zero attached hydrogens (tertiary/aromatic N) is 2. The smallest absolute Gasteiger partial charge is 0.338 e. The molecule has 2 bridgehead atoms. The Morgan fingerprint density at radius 2 is 2.11 bits per heavy atom. The Bertz CT molecular complexity index is 1300. The fourth-order valence-electron chi connectivity index (χ4n) is 5.45. The Hall–Kier alpha value is -3.64. The number of pyridine rings is 1. The number of furan rings is 1. The van der Waals surface area contributed by atoms with Gasteiger partial charge in [0.2, 0.25) is 0 Å². The number of fused-ring (bicyclic) bond motifs is 4. The Kier molecular flexibility index (Phi) is 7.69. The first-order valence-corrected chi connectivity index (χ1v) is 12.7. The van der Waals surface area contributed by atoms with E-state index in [1.165, 1.54) is 22.9 Å². The highest BCUT2D eigenvalue weighted by Crippen LogP contribution is 2.49. The van der Waals surface area contributed by atoms with Crippen LogP contribution in [0.2, 0.25) is 0 Å². The van der Waals surface area contributed by atoms with E-state index >= 15 is 0 Å². The van der Waals surface area contributed by atoms with Crippen LogP contribution in [-0.2, 0) is 23.2 Å². The van der Waals surface area contributed by atoms with Crippen molar-refractivity contribution in [1.82, 2.24) is 4.90 Å². The lowest BCUT2D eigenvalue weighted by Crippen LogP contribution is -2.57. The van der Waals surface area contributed by atoms with Gasteiger partial charge in [0.25, 0.3) is 0 Å². The summed E-state index contributed by atoms with van der Waals surface area (Å²) in [6.45, 7) is 17.4. The maximum atomic E-state index is 11.9. The molecule has 0 amide bonds. The van der Waals surface area contributed by atoms with Crippen molar-refractivity contribution in [3.05, 3.63) is 107 Å². The largest absolute Gasteiger partial charge is 0.618 e. The molecule has 1 aromatic carbocycles. The van der Waals surface area contributed by atoms with Gasteiger partial charge in [0, 0.05) is 42.3 Å². The van der Waals surface area contributed by atoms with Crippen LogP contribution in [0.1, 0.15) is 55.1 Å². The molecule has 1 saturated heterocycles. The average Bonchev–Trinajstić information content (AvgIpc) is 3.39. The van der Waals surface area contributed by atoms with Gasteiger partial charge in [-0.05, 0) is 73.0 Å². The predicted molar refractivity (Wildman–Crippen MR) is 145 cm³/mol. The standard InChI is InChI=1S/C23H27NO3.C8H9NO/c1-15(2)22(25)27-19-6-5-18-11-21-16(3)23(4,20(18)12-19)8-9-24(21)13-17-7-10-26-14-17;1-3-8-5-4-7(2)9(10)6-8/h5-7,10,12,14,16,21H,1,8-9,11,13H2,2-4H3;3-6H,1H2,2H3/t16-,21+,23+;/m1./s1. The molecule has 5 rings (SSSR count). The highest BCUT2D eigenvalue weighted by Gasteiger charge is 2.48. The summed E-state index contributed by atoms with van der Waals surface area (Å²) in [5.74, 6) is 0.781. The fourth-order valence-corrected chi connectivity index (χ4v) is 5.45. The van der Waals surface area contributed by atoms with Gasteiger partial charge in [-0.25, -0.2) is 4.79 Å². The van der Waals surface area contributed by atoms with E-state index in [1.807, 2.05) is 18.4 Å². The van der Waals surface area contributed by atoms with Crippen molar-refractivity contribution >= 4 is 12.0 Å². The Morgan fingerprint density at radius 1 is 1.32 bits per heavy atom. The molecule has 0 radical (unpaired) electrons. The summed E-state index contributed by atoms with van der Waals surface area (Å²) in [4.78, 5) is 14.5. The van der Waals surface area contributed by atoms with Gasteiger partial charge in [-0.15, -0.1) is 0 Å². The number of likely N-dealkylation sites (tertiary alicyclic amines) is 1. The molecular weight excluding hydrogens is 464 g/mol. The van der Waals surface area contributed by atoms with Crippen LogP contribution in [0.4, 0.5) is 0 Å². The summed E-state index contributed by atoms with van der Waals surface area (Å²) in [6, 6.07) is 12.3. The first-order valence-electron chi connectivity index (χ1n) is 12.7. The van der Waals surface area contributed by atoms with Crippen LogP contribution in [0, 0.1) is 18.0 Å². The van der Waals surface area contributed by atoms with Crippen molar-refractivity contribution in [3.63, 3.8) is 0 Å². The van der Waals surface area contributed by atoms with E-state index in [-0.39, 0.29) is 11.4 Å². The lowest BCUT2D eigenvalue weighted by Gasteiger charge is -2.54. The number of hydrogen-bond acceptors (Lipinski definition) is 5. The minimum absolute atomic E-state index is 0.0940. The van der Waals surface area contributed by atoms with Crippen LogP contribution in [0.5, 0.6) is 5.75 Å². The van der Waals surface area contributed by atoms with Crippen molar-refractivity contribution in [2.45, 2.75) is 58.5 Å². The third kappa shape index (κ3) is 5.54. The molecule has 194 valence electrons. The van der Waals surface area contributed by atoms with E-state index in [4.69, 9.17) is 9.15 Å². The van der Waals surface area contributed by atoms with Gasteiger partial charge in [0.1, 0.15) is 5.75 Å². The van der Waals surface area contributed by atoms with Crippen LogP contribution in [0.15, 0.2) is 78.3 Å². The van der Waals surface area contributed by atoms with Crippen molar-refractivity contribution in [2.75, 3.05) is 6.54 Å². The summed E-state index contributed by atoms with van der Waals surface area (Å²) in [7, 11) is 0. The fraction of sp³-hybridized carbons (Fsp3) is 0.355. The number of carbonyl (C=O) groups excluding carboxylic acids is 1. The maximum Gasteiger partial charge on any atom is 0.338 e. The number of aryl methyl sites for hydroxylation is 1. The van der Waals surface area contributed by atoms with Crippen molar-refractivity contribution in [2.24, 2.45) is 5.92 Å². The molecule has 1 fully saturated rings. The number of hydrogen-bond donors (Lipinski definition) is 0. The van der Waals surface area contributed by atoms with Gasteiger partial charge in [0.15, 0.2) is 11.9 Å². The summed E-state index contributed by atoms with van der Waals surface area (Å²) in [5.41, 5.74) is 6.00. The van der Waals surface area contributed by atoms with Gasteiger partial charge in [-0.2, -0.15) is 4.73 Å². The third-order valence-corrected chi connectivity index (χ3v) is 7.99. The van der Waals surface area contributed by atoms with Crippen LogP contribution in [0.3, 0.4) is 0 Å². The SMILES string of the molecule is C=C(C)C(=O)Oc1ccc2c(c1)[C@@]1(C)CCN(Cc3ccoc3)[C@@H](C2)[C@H]1C.C=Cc1ccc(C)[n+]([O-])c1. The van der Waals surface area contributed by atoms with Gasteiger partial charge in [-0.3, -0.25) is 4.90 Å². The lowest BCUT2D eigenvalue weighted by molar-refractivity contribution is -0.612. The molecule has 2 aromatic heterocycles. The van der Waals surface area contributed by atoms with E-state index in [1.54, 1.807) is 32.3 Å². The molecule has 1 aliphatic carbocycles. The molecule has 0 saturated carbocycles. The predicted octanol–water partition coefficient (Wildman–Crippen LogP) is 5.76. The van der Waals surface area contributed by atoms with E-state index < -0.39 is 0 Å². The second-order valence-electron chi connectivity index (χ2n) is 10.5. The topological polar surface area (TPSA) is 69.6 Å². The maximum absolute atomic E-state index is 11.9. The van der Waals surface area contributed by atoms with E-state index in [2.05, 4.69) is 50.1 Å². The molecule has 0 unspecified atom stereocenters. The minimum atomic E-state index is -0.364. The quantitative estimate of drug-likeness (QED) is 0.147. The van der Waals surface area contributed by atoms with Crippen LogP contribution in [0.25, 0.3) is 6.08 Å². The first kappa shape index (κ1) is 26.4. The Balaban J connectivity index is 0.000000270. The van der Waals surface area contributed by atoms with E-state index in [0.29, 0.717) is 29.0 Å². The highest BCUT2D eigenvalue weighted by atomic mass is 16.5. The number of aromatic nitrogens is 1. The third-order valence-electron chi connectivity index (χ3n) is 7.99. The van der Waals surface area contributed by atoms with Crippen molar-refractivity contribution < 1.29 is 18.7 Å². The van der Waals surface area contributed by atoms with Gasteiger partial charge in [-0.1, -0.05) is 39.1 Å². The number of rotatable bonds is 5. The second kappa shape index (κ2) is 10.8. The molecule has 37 heavy (non-hydrogen) atoms. The zero-order valence-electron chi connectivity index (χ0n) is 22.2. The molecule has 1 aliphatic heterocycles. The van der Waals surface area contributed by atoms with Crippen LogP contribution < -0.4 is 9.47 Å². The summed E-state index contributed by atoms with van der Waals surface area (Å²) >= 11 is 0. The minimum Gasteiger partial charge on any atom is -0.618 e. The van der Waals surface area contributed by atoms with Crippen LogP contribution in [-0.4, -0.2) is 23.5 Å². The normalized spacial score (nSPS) is 22.3. The zero-order chi connectivity index (χ0) is 26.7. The molecule has 2 aliphatic rings. The number of piperidine rings is 1. The summed E-state index contributed by atoms with van der Waals surface area (Å²) in [6.07, 6.45) is 8.86. The molecular formula is C31H36N2O4. The van der Waals surface area contributed by atoms with E-state index in [9.17, 15) is 10.0 Å². The van der Waals surface area contributed by atoms with E-state index in [0.717, 1.165) is 36.2 Å². The summed E-state index contributed by atoms with van der Waals surface area (Å²) in [5, 5.41) is 10.9. The number of benzene rings is 1. The van der Waals surface area contributed by atoms with Crippen LogP contribution >= 0.6 is 0 Å². The number of esters is 1. The number of carbonyl (C=O) groups is 1. The molecule has 6 heteroatoms. The van der Waals surface area contributed by atoms with Gasteiger partial charge in [0.05, 0.1) is 12.5 Å². The number of ether oxygens (including phenoxy) is 1. The Morgan fingerprint density at radius 3 is 2.76 bits per heavy atom. The molecule has 6 nitrogen and oxygen atoms in total. The molecule has 3 atom stereocenters. The zero-order valence-corrected chi connectivity index (χ0v) is 22.2.